The fourth-order valence-corrected chi connectivity index (χ4v) is 4.52. The van der Waals surface area contributed by atoms with E-state index < -0.39 is 7.25 Å². The number of quaternary nitrogens is 1. The van der Waals surface area contributed by atoms with Crippen LogP contribution in [0.5, 0.6) is 0 Å². The highest BCUT2D eigenvalue weighted by Crippen LogP contribution is 2.43. The van der Waals surface area contributed by atoms with Crippen LogP contribution < -0.4 is 4.48 Å². The molecule has 0 aromatic heterocycles. The minimum Gasteiger partial charge on any atom is -0.418 e. The molecule has 0 fully saturated rings. The molecule has 1 heterocycles. The summed E-state index contributed by atoms with van der Waals surface area (Å²) < 4.78 is 39.8. The lowest BCUT2D eigenvalue weighted by molar-refractivity contribution is 0.368. The molecule has 0 N–H and O–H groups in total. The highest BCUT2D eigenvalue weighted by molar-refractivity contribution is 6.50. The van der Waals surface area contributed by atoms with E-state index >= 15 is 0 Å². The number of rotatable bonds is 2. The third-order valence-electron chi connectivity index (χ3n) is 4.93. The molecular formula is C21H27BF4N2. The maximum Gasteiger partial charge on any atom is 0.673 e. The van der Waals surface area contributed by atoms with Gasteiger partial charge in [0.1, 0.15) is 17.9 Å². The van der Waals surface area contributed by atoms with E-state index in [0.717, 1.165) is 17.6 Å². The molecule has 2 aromatic rings. The average molecular weight is 394 g/mol. The topological polar surface area (TPSA) is 12.4 Å². The van der Waals surface area contributed by atoms with Crippen molar-refractivity contribution in [3.8, 4) is 0 Å². The smallest absolute Gasteiger partial charge is 0.418 e. The summed E-state index contributed by atoms with van der Waals surface area (Å²) in [7, 11) is -6.00. The van der Waals surface area contributed by atoms with Crippen LogP contribution in [0.3, 0.4) is 0 Å². The molecule has 0 amide bonds. The van der Waals surface area contributed by atoms with E-state index in [9.17, 15) is 17.3 Å². The summed E-state index contributed by atoms with van der Waals surface area (Å²) >= 11 is 0. The largest absolute Gasteiger partial charge is 0.673 e. The van der Waals surface area contributed by atoms with Crippen molar-refractivity contribution in [2.24, 2.45) is 4.99 Å². The second-order valence-electron chi connectivity index (χ2n) is 7.60. The Bertz CT molecular complexity index is 794. The Labute approximate surface area is 164 Å². The van der Waals surface area contributed by atoms with Crippen LogP contribution in [-0.4, -0.2) is 26.7 Å². The molecule has 3 rings (SSSR count). The van der Waals surface area contributed by atoms with E-state index in [1.807, 2.05) is 0 Å². The van der Waals surface area contributed by atoms with Crippen molar-refractivity contribution in [1.82, 2.24) is 4.48 Å². The quantitative estimate of drug-likeness (QED) is 0.313. The molecule has 1 aliphatic heterocycles. The maximum absolute atomic E-state index is 9.75. The Balaban J connectivity index is 0.000000500. The molecular weight excluding hydrogens is 367 g/mol. The third-order valence-corrected chi connectivity index (χ3v) is 4.93. The van der Waals surface area contributed by atoms with Crippen LogP contribution in [0.2, 0.25) is 0 Å². The van der Waals surface area contributed by atoms with Crippen molar-refractivity contribution in [1.29, 1.82) is 0 Å². The van der Waals surface area contributed by atoms with E-state index in [0.29, 0.717) is 0 Å². The molecule has 7 heteroatoms. The van der Waals surface area contributed by atoms with Gasteiger partial charge in [0.05, 0.1) is 6.54 Å². The predicted octanol–water partition coefficient (Wildman–Crippen LogP) is 6.52. The Morgan fingerprint density at radius 2 is 1.04 bits per heavy atom. The van der Waals surface area contributed by atoms with Crippen molar-refractivity contribution in [3.63, 3.8) is 0 Å². The van der Waals surface area contributed by atoms with Gasteiger partial charge in [-0.1, -0.05) is 35.4 Å². The first kappa shape index (κ1) is 22.1. The van der Waals surface area contributed by atoms with Crippen LogP contribution >= 0.6 is 0 Å². The zero-order chi connectivity index (χ0) is 21.3. The Hall–Kier alpha value is -2.15. The Morgan fingerprint density at radius 1 is 0.714 bits per heavy atom. The molecule has 0 saturated heterocycles. The summed E-state index contributed by atoms with van der Waals surface area (Å²) in [5, 5.41) is 0. The molecule has 2 aromatic carbocycles. The number of benzene rings is 2. The van der Waals surface area contributed by atoms with E-state index in [-0.39, 0.29) is 0 Å². The van der Waals surface area contributed by atoms with Gasteiger partial charge in [0.15, 0.2) is 6.34 Å². The SMILES string of the molecule is Cc1cc(C)c([N+]2(c3c(C)cc(C)cc3C)C=NCC2)c(C)c1.F[B-](F)(F)F. The van der Waals surface area contributed by atoms with Gasteiger partial charge in [-0.05, 0) is 41.5 Å². The van der Waals surface area contributed by atoms with Crippen molar-refractivity contribution >= 4 is 25.0 Å². The molecule has 2 nitrogen and oxygen atoms in total. The van der Waals surface area contributed by atoms with Gasteiger partial charge in [-0.3, -0.25) is 0 Å². The number of aliphatic imine (C=N–C) groups is 1. The van der Waals surface area contributed by atoms with E-state index in [1.165, 1.54) is 44.8 Å². The monoisotopic (exact) mass is 394 g/mol. The van der Waals surface area contributed by atoms with Gasteiger partial charge in [-0.2, -0.15) is 0 Å². The normalized spacial score (nSPS) is 15.4. The van der Waals surface area contributed by atoms with Crippen molar-refractivity contribution in [2.45, 2.75) is 41.5 Å². The summed E-state index contributed by atoms with van der Waals surface area (Å²) in [6.45, 7) is 15.2. The van der Waals surface area contributed by atoms with Crippen molar-refractivity contribution in [2.75, 3.05) is 13.1 Å². The number of halogens is 4. The molecule has 0 unspecified atom stereocenters. The van der Waals surface area contributed by atoms with Crippen LogP contribution in [0.1, 0.15) is 33.4 Å². The van der Waals surface area contributed by atoms with Gasteiger partial charge < -0.3 is 17.3 Å². The average Bonchev–Trinajstić information content (AvgIpc) is 2.92. The summed E-state index contributed by atoms with van der Waals surface area (Å²) in [5.74, 6) is 0. The zero-order valence-corrected chi connectivity index (χ0v) is 17.3. The fourth-order valence-electron chi connectivity index (χ4n) is 4.52. The second kappa shape index (κ2) is 8.07. The van der Waals surface area contributed by atoms with Crippen molar-refractivity contribution < 1.29 is 17.3 Å². The summed E-state index contributed by atoms with van der Waals surface area (Å²) in [6, 6.07) is 9.20. The van der Waals surface area contributed by atoms with Crippen LogP contribution in [0.4, 0.5) is 28.6 Å². The summed E-state index contributed by atoms with van der Waals surface area (Å²) in [6.07, 6.45) is 2.16. The summed E-state index contributed by atoms with van der Waals surface area (Å²) in [5.41, 5.74) is 10.9. The lowest BCUT2D eigenvalue weighted by Crippen LogP contribution is -2.43. The lowest BCUT2D eigenvalue weighted by Gasteiger charge is -2.34. The minimum absolute atomic E-state index is 0.760. The maximum atomic E-state index is 9.75. The van der Waals surface area contributed by atoms with Gasteiger partial charge in [0, 0.05) is 22.3 Å². The van der Waals surface area contributed by atoms with E-state index in [1.54, 1.807) is 0 Å². The highest BCUT2D eigenvalue weighted by atomic mass is 19.5. The van der Waals surface area contributed by atoms with Gasteiger partial charge in [0.25, 0.3) is 0 Å². The Morgan fingerprint density at radius 3 is 1.29 bits per heavy atom. The van der Waals surface area contributed by atoms with Gasteiger partial charge >= 0.3 is 7.25 Å². The first-order valence-electron chi connectivity index (χ1n) is 9.28. The third kappa shape index (κ3) is 4.82. The van der Waals surface area contributed by atoms with E-state index in [4.69, 9.17) is 0 Å². The molecule has 152 valence electrons. The number of hydrogen-bond donors (Lipinski definition) is 0. The van der Waals surface area contributed by atoms with Gasteiger partial charge in [-0.15, -0.1) is 0 Å². The van der Waals surface area contributed by atoms with E-state index in [2.05, 4.69) is 77.1 Å². The molecule has 0 aliphatic carbocycles. The number of hydrogen-bond acceptors (Lipinski definition) is 1. The molecule has 0 spiro atoms. The van der Waals surface area contributed by atoms with Crippen molar-refractivity contribution in [3.05, 3.63) is 57.6 Å². The molecule has 0 radical (unpaired) electrons. The highest BCUT2D eigenvalue weighted by Gasteiger charge is 2.40. The lowest BCUT2D eigenvalue weighted by atomic mass is 9.97. The Kier molecular flexibility index (Phi) is 6.39. The van der Waals surface area contributed by atoms with Gasteiger partial charge in [0.2, 0.25) is 0 Å². The summed E-state index contributed by atoms with van der Waals surface area (Å²) in [4.78, 5) is 4.65. The van der Waals surface area contributed by atoms with Crippen LogP contribution in [0.25, 0.3) is 0 Å². The first-order valence-corrected chi connectivity index (χ1v) is 9.28. The minimum atomic E-state index is -6.00. The standard InChI is InChI=1S/C21H27N2.BF4/c1-14-9-16(3)20(17(4)10-14)23(8-7-22-13-23)21-18(5)11-15(2)12-19(21)6;2-1(3,4)5/h9-13H,7-8H2,1-6H3;/q+1;-1. The molecule has 28 heavy (non-hydrogen) atoms. The molecule has 0 saturated carbocycles. The second-order valence-corrected chi connectivity index (χ2v) is 7.60. The zero-order valence-electron chi connectivity index (χ0n) is 17.3. The molecule has 1 aliphatic rings. The number of aryl methyl sites for hydroxylation is 6. The molecule has 0 atom stereocenters. The van der Waals surface area contributed by atoms with Crippen LogP contribution in [-0.2, 0) is 0 Å². The van der Waals surface area contributed by atoms with Crippen LogP contribution in [0.15, 0.2) is 29.3 Å². The van der Waals surface area contributed by atoms with Gasteiger partial charge in [-0.25, -0.2) is 9.48 Å². The predicted molar refractivity (Wildman–Crippen MR) is 111 cm³/mol. The fraction of sp³-hybridized carbons (Fsp3) is 0.381. The van der Waals surface area contributed by atoms with Crippen LogP contribution in [0, 0.1) is 41.5 Å². The number of nitrogens with zero attached hydrogens (tertiary/aromatic N) is 2. The first-order chi connectivity index (χ1) is 12.8. The molecule has 0 bridgehead atoms.